The fourth-order valence-corrected chi connectivity index (χ4v) is 1.66. The van der Waals surface area contributed by atoms with E-state index in [0.717, 1.165) is 12.8 Å². The molecular formula is C5H11NO3S. The van der Waals surface area contributed by atoms with Crippen molar-refractivity contribution in [3.05, 3.63) is 0 Å². The Hall–Kier alpha value is -0.130. The molecule has 1 fully saturated rings. The molecule has 0 amide bonds. The number of hydrogen-bond acceptors (Lipinski definition) is 3. The van der Waals surface area contributed by atoms with Crippen LogP contribution in [0.15, 0.2) is 0 Å². The van der Waals surface area contributed by atoms with Crippen LogP contribution in [0.1, 0.15) is 12.8 Å². The lowest BCUT2D eigenvalue weighted by atomic mass is 10.2. The van der Waals surface area contributed by atoms with E-state index in [1.54, 1.807) is 0 Å². The summed E-state index contributed by atoms with van der Waals surface area (Å²) >= 11 is 0. The molecule has 1 unspecified atom stereocenters. The summed E-state index contributed by atoms with van der Waals surface area (Å²) in [6, 6.07) is -0.366. The molecule has 1 aliphatic rings. The fraction of sp³-hybridized carbons (Fsp3) is 1.00. The summed E-state index contributed by atoms with van der Waals surface area (Å²) in [6.07, 6.45) is 1.99. The number of nitrogens with two attached hydrogens (primary N) is 1. The van der Waals surface area contributed by atoms with E-state index < -0.39 is 10.1 Å². The molecule has 10 heavy (non-hydrogen) atoms. The van der Waals surface area contributed by atoms with Crippen molar-refractivity contribution in [1.29, 1.82) is 0 Å². The van der Waals surface area contributed by atoms with Crippen molar-refractivity contribution in [3.8, 4) is 0 Å². The Bertz CT molecular complexity index is 207. The van der Waals surface area contributed by atoms with Crippen molar-refractivity contribution >= 4 is 10.1 Å². The summed E-state index contributed by atoms with van der Waals surface area (Å²) in [5, 5.41) is 0. The van der Waals surface area contributed by atoms with Crippen LogP contribution in [-0.2, 0) is 10.1 Å². The van der Waals surface area contributed by atoms with Crippen LogP contribution in [0, 0.1) is 5.92 Å². The van der Waals surface area contributed by atoms with Gasteiger partial charge in [-0.05, 0) is 18.8 Å². The zero-order valence-corrected chi connectivity index (χ0v) is 6.34. The Balaban J connectivity index is 2.37. The van der Waals surface area contributed by atoms with Crippen LogP contribution in [-0.4, -0.2) is 24.8 Å². The van der Waals surface area contributed by atoms with Gasteiger partial charge >= 0.3 is 0 Å². The summed E-state index contributed by atoms with van der Waals surface area (Å²) < 4.78 is 28.9. The van der Waals surface area contributed by atoms with Crippen LogP contribution in [0.4, 0.5) is 0 Å². The maximum Gasteiger partial charge on any atom is 0.266 e. The van der Waals surface area contributed by atoms with E-state index in [0.29, 0.717) is 5.92 Å². The number of hydrogen-bond donors (Lipinski definition) is 2. The lowest BCUT2D eigenvalue weighted by Gasteiger charge is -2.05. The molecule has 0 aromatic rings. The van der Waals surface area contributed by atoms with E-state index in [-0.39, 0.29) is 11.8 Å². The molecule has 5 heteroatoms. The van der Waals surface area contributed by atoms with Crippen molar-refractivity contribution in [1.82, 2.24) is 0 Å². The van der Waals surface area contributed by atoms with Crippen molar-refractivity contribution in [2.24, 2.45) is 11.7 Å². The van der Waals surface area contributed by atoms with E-state index in [9.17, 15) is 8.42 Å². The van der Waals surface area contributed by atoms with E-state index >= 15 is 0 Å². The van der Waals surface area contributed by atoms with Gasteiger partial charge in [0, 0.05) is 6.04 Å². The molecule has 3 N–H and O–H groups in total. The highest BCUT2D eigenvalue weighted by Crippen LogP contribution is 2.31. The Morgan fingerprint density at radius 3 is 2.40 bits per heavy atom. The fourth-order valence-electron chi connectivity index (χ4n) is 0.904. The lowest BCUT2D eigenvalue weighted by Crippen LogP contribution is -2.31. The maximum atomic E-state index is 10.2. The highest BCUT2D eigenvalue weighted by Gasteiger charge is 2.30. The van der Waals surface area contributed by atoms with E-state index in [1.807, 2.05) is 0 Å². The van der Waals surface area contributed by atoms with Gasteiger partial charge in [-0.15, -0.1) is 0 Å². The molecule has 1 saturated carbocycles. The van der Waals surface area contributed by atoms with Crippen LogP contribution in [0.25, 0.3) is 0 Å². The second-order valence-corrected chi connectivity index (χ2v) is 4.25. The minimum atomic E-state index is -3.85. The topological polar surface area (TPSA) is 80.4 Å². The largest absolute Gasteiger partial charge is 0.326 e. The highest BCUT2D eigenvalue weighted by molar-refractivity contribution is 7.85. The molecule has 1 aliphatic carbocycles. The van der Waals surface area contributed by atoms with Gasteiger partial charge in [-0.25, -0.2) is 0 Å². The summed E-state index contributed by atoms with van der Waals surface area (Å²) in [6.45, 7) is 0. The molecule has 4 nitrogen and oxygen atoms in total. The molecular weight excluding hydrogens is 154 g/mol. The van der Waals surface area contributed by atoms with Gasteiger partial charge in [0.1, 0.15) is 0 Å². The Kier molecular flexibility index (Phi) is 1.98. The third-order valence-corrected chi connectivity index (χ3v) is 2.44. The average Bonchev–Trinajstić information content (AvgIpc) is 2.35. The van der Waals surface area contributed by atoms with E-state index in [4.69, 9.17) is 10.3 Å². The molecule has 0 aromatic heterocycles. The predicted molar refractivity (Wildman–Crippen MR) is 37.1 cm³/mol. The third-order valence-electron chi connectivity index (χ3n) is 1.63. The number of rotatable bonds is 3. The van der Waals surface area contributed by atoms with Gasteiger partial charge in [0.15, 0.2) is 0 Å². The molecule has 0 radical (unpaired) electrons. The summed E-state index contributed by atoms with van der Waals surface area (Å²) in [4.78, 5) is 0. The second kappa shape index (κ2) is 2.48. The SMILES string of the molecule is NC(CS(=O)(=O)O)C1CC1. The molecule has 0 spiro atoms. The molecule has 0 bridgehead atoms. The normalized spacial score (nSPS) is 22.6. The average molecular weight is 165 g/mol. The van der Waals surface area contributed by atoms with E-state index in [1.165, 1.54) is 0 Å². The minimum Gasteiger partial charge on any atom is -0.326 e. The summed E-state index contributed by atoms with van der Waals surface area (Å²) in [5.41, 5.74) is 5.43. The molecule has 0 saturated heterocycles. The third kappa shape index (κ3) is 2.64. The standard InChI is InChI=1S/C5H11NO3S/c6-5(4-1-2-4)3-10(7,8)9/h4-5H,1-3,6H2,(H,7,8,9). The van der Waals surface area contributed by atoms with Crippen LogP contribution in [0.3, 0.4) is 0 Å². The van der Waals surface area contributed by atoms with Gasteiger partial charge in [-0.2, -0.15) is 8.42 Å². The van der Waals surface area contributed by atoms with Crippen molar-refractivity contribution in [2.45, 2.75) is 18.9 Å². The highest BCUT2D eigenvalue weighted by atomic mass is 32.2. The second-order valence-electron chi connectivity index (χ2n) is 2.75. The van der Waals surface area contributed by atoms with Gasteiger partial charge in [0.05, 0.1) is 5.75 Å². The first-order valence-electron chi connectivity index (χ1n) is 3.20. The minimum absolute atomic E-state index is 0.294. The molecule has 0 aromatic carbocycles. The zero-order valence-electron chi connectivity index (χ0n) is 5.53. The van der Waals surface area contributed by atoms with Gasteiger partial charge in [0.2, 0.25) is 0 Å². The lowest BCUT2D eigenvalue weighted by molar-refractivity contribution is 0.472. The summed E-state index contributed by atoms with van der Waals surface area (Å²) in [7, 11) is -3.85. The first kappa shape index (κ1) is 7.97. The Morgan fingerprint density at radius 2 is 2.10 bits per heavy atom. The first-order chi connectivity index (χ1) is 4.49. The summed E-state index contributed by atoms with van der Waals surface area (Å²) in [5.74, 6) is 0.0272. The first-order valence-corrected chi connectivity index (χ1v) is 4.81. The smallest absolute Gasteiger partial charge is 0.266 e. The zero-order chi connectivity index (χ0) is 7.78. The Labute approximate surface area is 60.2 Å². The monoisotopic (exact) mass is 165 g/mol. The van der Waals surface area contributed by atoms with Gasteiger partial charge in [-0.3, -0.25) is 4.55 Å². The van der Waals surface area contributed by atoms with Gasteiger partial charge < -0.3 is 5.73 Å². The molecule has 0 heterocycles. The van der Waals surface area contributed by atoms with Crippen molar-refractivity contribution in [3.63, 3.8) is 0 Å². The van der Waals surface area contributed by atoms with Crippen LogP contribution in [0.2, 0.25) is 0 Å². The predicted octanol–water partition coefficient (Wildman–Crippen LogP) is -0.389. The van der Waals surface area contributed by atoms with Gasteiger partial charge in [-0.1, -0.05) is 0 Å². The molecule has 60 valence electrons. The Morgan fingerprint density at radius 1 is 1.60 bits per heavy atom. The van der Waals surface area contributed by atoms with Crippen LogP contribution >= 0.6 is 0 Å². The molecule has 1 rings (SSSR count). The quantitative estimate of drug-likeness (QED) is 0.558. The molecule has 1 atom stereocenters. The maximum absolute atomic E-state index is 10.2. The van der Waals surface area contributed by atoms with Crippen molar-refractivity contribution < 1.29 is 13.0 Å². The van der Waals surface area contributed by atoms with Crippen molar-refractivity contribution in [2.75, 3.05) is 5.75 Å². The van der Waals surface area contributed by atoms with E-state index in [2.05, 4.69) is 0 Å². The molecule has 0 aliphatic heterocycles. The van der Waals surface area contributed by atoms with Crippen LogP contribution in [0.5, 0.6) is 0 Å². The van der Waals surface area contributed by atoms with Gasteiger partial charge in [0.25, 0.3) is 10.1 Å². The van der Waals surface area contributed by atoms with Crippen LogP contribution < -0.4 is 5.73 Å².